The number of aryl methyl sites for hydroxylation is 1. The maximum absolute atomic E-state index is 11.7. The van der Waals surface area contributed by atoms with Gasteiger partial charge < -0.3 is 18.8 Å². The van der Waals surface area contributed by atoms with Gasteiger partial charge in [0.25, 0.3) is 0 Å². The van der Waals surface area contributed by atoms with Crippen LogP contribution in [-0.2, 0) is 11.8 Å². The summed E-state index contributed by atoms with van der Waals surface area (Å²) >= 11 is 0. The average Bonchev–Trinajstić information content (AvgIpc) is 2.90. The lowest BCUT2D eigenvalue weighted by Crippen LogP contribution is -2.14. The van der Waals surface area contributed by atoms with Gasteiger partial charge in [0, 0.05) is 13.2 Å². The Bertz CT molecular complexity index is 560. The monoisotopic (exact) mass is 275 g/mol. The van der Waals surface area contributed by atoms with E-state index >= 15 is 0 Å². The first-order chi connectivity index (χ1) is 9.70. The Labute approximate surface area is 117 Å². The molecule has 5 nitrogen and oxygen atoms in total. The van der Waals surface area contributed by atoms with Crippen molar-refractivity contribution in [3.05, 3.63) is 48.3 Å². The van der Waals surface area contributed by atoms with Gasteiger partial charge in [0.2, 0.25) is 0 Å². The molecule has 1 heterocycles. The molecule has 5 heteroatoms. The number of hydrogen-bond acceptors (Lipinski definition) is 4. The average molecular weight is 275 g/mol. The molecule has 0 aliphatic rings. The van der Waals surface area contributed by atoms with Crippen LogP contribution in [0.4, 0.5) is 0 Å². The third kappa shape index (κ3) is 3.54. The Morgan fingerprint density at radius 3 is 2.40 bits per heavy atom. The van der Waals surface area contributed by atoms with Crippen LogP contribution in [-0.4, -0.2) is 30.9 Å². The summed E-state index contributed by atoms with van der Waals surface area (Å²) in [6.45, 7) is 0.512. The van der Waals surface area contributed by atoms with Gasteiger partial charge in [-0.05, 0) is 36.4 Å². The van der Waals surface area contributed by atoms with Crippen LogP contribution in [0, 0.1) is 0 Å². The molecule has 2 rings (SSSR count). The maximum atomic E-state index is 11.7. The number of carbonyl (C=O) groups excluding carboxylic acids is 1. The van der Waals surface area contributed by atoms with Gasteiger partial charge in [-0.1, -0.05) is 0 Å². The third-order valence-electron chi connectivity index (χ3n) is 2.80. The zero-order valence-corrected chi connectivity index (χ0v) is 11.5. The summed E-state index contributed by atoms with van der Waals surface area (Å²) in [5.74, 6) is 1.13. The van der Waals surface area contributed by atoms with Crippen molar-refractivity contribution in [1.82, 2.24) is 4.57 Å². The van der Waals surface area contributed by atoms with Crippen molar-refractivity contribution in [2.45, 2.75) is 0 Å². The molecule has 0 fully saturated rings. The molecular formula is C15H17NO4. The molecule has 0 aliphatic carbocycles. The first-order valence-electron chi connectivity index (χ1n) is 6.26. The van der Waals surface area contributed by atoms with Crippen molar-refractivity contribution in [1.29, 1.82) is 0 Å². The molecule has 0 saturated carbocycles. The maximum Gasteiger partial charge on any atom is 0.355 e. The number of hydrogen-bond donors (Lipinski definition) is 0. The van der Waals surface area contributed by atoms with Crippen LogP contribution < -0.4 is 9.47 Å². The van der Waals surface area contributed by atoms with E-state index in [0.717, 1.165) is 5.75 Å². The minimum atomic E-state index is -0.351. The van der Waals surface area contributed by atoms with Gasteiger partial charge in [0.1, 0.15) is 30.4 Å². The molecule has 0 unspecified atom stereocenters. The van der Waals surface area contributed by atoms with Crippen molar-refractivity contribution in [2.24, 2.45) is 7.05 Å². The molecule has 0 aliphatic heterocycles. The second-order valence-corrected chi connectivity index (χ2v) is 4.16. The summed E-state index contributed by atoms with van der Waals surface area (Å²) in [5.41, 5.74) is 0.523. The Balaban J connectivity index is 1.73. The minimum Gasteiger partial charge on any atom is -0.497 e. The van der Waals surface area contributed by atoms with Crippen LogP contribution >= 0.6 is 0 Å². The summed E-state index contributed by atoms with van der Waals surface area (Å²) in [6.07, 6.45) is 1.80. The molecule has 0 N–H and O–H groups in total. The van der Waals surface area contributed by atoms with Crippen LogP contribution in [0.25, 0.3) is 0 Å². The fourth-order valence-electron chi connectivity index (χ4n) is 1.71. The van der Waals surface area contributed by atoms with Crippen molar-refractivity contribution < 1.29 is 19.0 Å². The molecule has 1 aromatic heterocycles. The molecule has 0 bridgehead atoms. The summed E-state index contributed by atoms with van der Waals surface area (Å²) in [5, 5.41) is 0. The zero-order chi connectivity index (χ0) is 14.4. The van der Waals surface area contributed by atoms with E-state index in [1.165, 1.54) is 0 Å². The Morgan fingerprint density at radius 1 is 1.10 bits per heavy atom. The standard InChI is InChI=1S/C15H17NO4/c1-16-9-3-4-14(16)15(17)20-11-10-19-13-7-5-12(18-2)6-8-13/h3-9H,10-11H2,1-2H3. The van der Waals surface area contributed by atoms with Crippen molar-refractivity contribution in [2.75, 3.05) is 20.3 Å². The predicted molar refractivity (Wildman–Crippen MR) is 74.2 cm³/mol. The van der Waals surface area contributed by atoms with Crippen molar-refractivity contribution >= 4 is 5.97 Å². The lowest BCUT2D eigenvalue weighted by molar-refractivity contribution is 0.0439. The summed E-state index contributed by atoms with van der Waals surface area (Å²) in [6, 6.07) is 10.7. The number of esters is 1. The van der Waals surface area contributed by atoms with E-state index in [9.17, 15) is 4.79 Å². The summed E-state index contributed by atoms with van der Waals surface area (Å²) in [7, 11) is 3.41. The molecule has 1 aromatic carbocycles. The van der Waals surface area contributed by atoms with Crippen LogP contribution in [0.15, 0.2) is 42.6 Å². The first-order valence-corrected chi connectivity index (χ1v) is 6.26. The number of methoxy groups -OCH3 is 1. The first kappa shape index (κ1) is 14.0. The van der Waals surface area contributed by atoms with Crippen LogP contribution in [0.1, 0.15) is 10.5 Å². The summed E-state index contributed by atoms with van der Waals surface area (Å²) < 4.78 is 17.4. The second kappa shape index (κ2) is 6.65. The van der Waals surface area contributed by atoms with Gasteiger partial charge in [0.15, 0.2) is 0 Å². The van der Waals surface area contributed by atoms with E-state index in [4.69, 9.17) is 14.2 Å². The van der Waals surface area contributed by atoms with Crippen LogP contribution in [0.5, 0.6) is 11.5 Å². The summed E-state index contributed by atoms with van der Waals surface area (Å²) in [4.78, 5) is 11.7. The van der Waals surface area contributed by atoms with E-state index in [2.05, 4.69) is 0 Å². The molecule has 0 amide bonds. The highest BCUT2D eigenvalue weighted by atomic mass is 16.6. The fraction of sp³-hybridized carbons (Fsp3) is 0.267. The molecule has 2 aromatic rings. The zero-order valence-electron chi connectivity index (χ0n) is 11.5. The molecule has 0 spiro atoms. The topological polar surface area (TPSA) is 49.7 Å². The van der Waals surface area contributed by atoms with Crippen molar-refractivity contribution in [3.8, 4) is 11.5 Å². The highest BCUT2D eigenvalue weighted by Crippen LogP contribution is 2.16. The minimum absolute atomic E-state index is 0.204. The van der Waals surface area contributed by atoms with Gasteiger partial charge in [-0.15, -0.1) is 0 Å². The number of ether oxygens (including phenoxy) is 3. The number of aromatic nitrogens is 1. The van der Waals surface area contributed by atoms with Gasteiger partial charge in [0.05, 0.1) is 7.11 Å². The van der Waals surface area contributed by atoms with Crippen LogP contribution in [0.3, 0.4) is 0 Å². The number of nitrogens with zero attached hydrogens (tertiary/aromatic N) is 1. The smallest absolute Gasteiger partial charge is 0.355 e. The second-order valence-electron chi connectivity index (χ2n) is 4.16. The quantitative estimate of drug-likeness (QED) is 0.599. The molecule has 106 valence electrons. The van der Waals surface area contributed by atoms with Gasteiger partial charge in [-0.2, -0.15) is 0 Å². The number of benzene rings is 1. The van der Waals surface area contributed by atoms with Gasteiger partial charge in [-0.3, -0.25) is 0 Å². The molecule has 20 heavy (non-hydrogen) atoms. The molecule has 0 saturated heterocycles. The van der Waals surface area contributed by atoms with Crippen LogP contribution in [0.2, 0.25) is 0 Å². The van der Waals surface area contributed by atoms with E-state index in [0.29, 0.717) is 18.1 Å². The Morgan fingerprint density at radius 2 is 1.80 bits per heavy atom. The number of rotatable bonds is 6. The molecule has 0 atom stereocenters. The predicted octanol–water partition coefficient (Wildman–Crippen LogP) is 2.27. The normalized spacial score (nSPS) is 10.1. The Kier molecular flexibility index (Phi) is 4.65. The highest BCUT2D eigenvalue weighted by molar-refractivity contribution is 5.87. The number of carbonyl (C=O) groups is 1. The van der Waals surface area contributed by atoms with E-state index in [-0.39, 0.29) is 12.6 Å². The Hall–Kier alpha value is -2.43. The third-order valence-corrected chi connectivity index (χ3v) is 2.80. The molecule has 0 radical (unpaired) electrons. The molecular weight excluding hydrogens is 258 g/mol. The SMILES string of the molecule is COc1ccc(OCCOC(=O)c2cccn2C)cc1. The van der Waals surface area contributed by atoms with E-state index in [1.807, 2.05) is 12.1 Å². The van der Waals surface area contributed by atoms with E-state index in [1.54, 1.807) is 49.2 Å². The van der Waals surface area contributed by atoms with Crippen molar-refractivity contribution in [3.63, 3.8) is 0 Å². The largest absolute Gasteiger partial charge is 0.497 e. The van der Waals surface area contributed by atoms with E-state index < -0.39 is 0 Å². The van der Waals surface area contributed by atoms with Gasteiger partial charge >= 0.3 is 5.97 Å². The van der Waals surface area contributed by atoms with Gasteiger partial charge in [-0.25, -0.2) is 4.79 Å². The lowest BCUT2D eigenvalue weighted by Gasteiger charge is -2.08. The highest BCUT2D eigenvalue weighted by Gasteiger charge is 2.09. The fourth-order valence-corrected chi connectivity index (χ4v) is 1.71. The lowest BCUT2D eigenvalue weighted by atomic mass is 10.3.